The molecule has 0 aliphatic carbocycles. The van der Waals surface area contributed by atoms with Gasteiger partial charge in [-0.2, -0.15) is 0 Å². The number of halogens is 6. The summed E-state index contributed by atoms with van der Waals surface area (Å²) in [5.74, 6) is 0. The van der Waals surface area contributed by atoms with E-state index in [1.807, 2.05) is 13.0 Å². The highest BCUT2D eigenvalue weighted by Crippen LogP contribution is 2.22. The smallest absolute Gasteiger partial charge is 0.138 e. The number of nitrogens with zero attached hydrogens (tertiary/aromatic N) is 3. The molecule has 0 aliphatic rings. The summed E-state index contributed by atoms with van der Waals surface area (Å²) in [4.78, 5) is 11.4. The van der Waals surface area contributed by atoms with Crippen LogP contribution < -0.4 is 0 Å². The van der Waals surface area contributed by atoms with Gasteiger partial charge < -0.3 is 10.2 Å². The molecule has 11 heteroatoms. The molecule has 180 valence electrons. The zero-order chi connectivity index (χ0) is 25.6. The quantitative estimate of drug-likeness (QED) is 0.310. The molecular weight excluding hydrogens is 551 g/mol. The van der Waals surface area contributed by atoms with Crippen LogP contribution in [0.1, 0.15) is 36.6 Å². The average molecular weight is 574 g/mol. The van der Waals surface area contributed by atoms with E-state index >= 15 is 0 Å². The minimum atomic E-state index is -0.604. The zero-order valence-corrected chi connectivity index (χ0v) is 22.6. The minimum absolute atomic E-state index is 0.257. The van der Waals surface area contributed by atoms with Gasteiger partial charge in [0, 0.05) is 18.2 Å². The molecule has 5 nitrogen and oxygen atoms in total. The van der Waals surface area contributed by atoms with E-state index in [2.05, 4.69) is 21.5 Å². The van der Waals surface area contributed by atoms with Crippen molar-refractivity contribution in [2.45, 2.75) is 26.4 Å². The van der Waals surface area contributed by atoms with Crippen LogP contribution in [0, 0.1) is 0 Å². The first-order chi connectivity index (χ1) is 15.6. The Morgan fingerprint density at radius 3 is 1.64 bits per heavy atom. The van der Waals surface area contributed by atoms with Crippen LogP contribution in [0.25, 0.3) is 6.08 Å². The molecule has 1 unspecified atom stereocenters. The van der Waals surface area contributed by atoms with Crippen LogP contribution in [0.4, 0.5) is 0 Å². The Balaban J connectivity index is 0.000000449. The van der Waals surface area contributed by atoms with Crippen molar-refractivity contribution in [1.29, 1.82) is 0 Å². The summed E-state index contributed by atoms with van der Waals surface area (Å²) in [6.07, 6.45) is 1.92. The van der Waals surface area contributed by atoms with Crippen molar-refractivity contribution in [2.24, 2.45) is 0 Å². The van der Waals surface area contributed by atoms with Gasteiger partial charge >= 0.3 is 0 Å². The van der Waals surface area contributed by atoms with Crippen LogP contribution in [0.15, 0.2) is 43.0 Å². The monoisotopic (exact) mass is 571 g/mol. The summed E-state index contributed by atoms with van der Waals surface area (Å²) >= 11 is 33.7. The highest BCUT2D eigenvalue weighted by atomic mass is 35.5. The van der Waals surface area contributed by atoms with Crippen molar-refractivity contribution in [3.05, 3.63) is 90.6 Å². The number of aliphatic hydroxyl groups is 2. The van der Waals surface area contributed by atoms with Crippen LogP contribution in [-0.2, 0) is 6.42 Å². The summed E-state index contributed by atoms with van der Waals surface area (Å²) in [6.45, 7) is 7.20. The first-order valence-corrected chi connectivity index (χ1v) is 11.6. The standard InChI is InChI=1S/C7H7Cl2NO.C7H7Cl2N.C7H5Cl2N.CH4O/c1-4(11)5-2-3-6(8)10-7(5)9;2*1-2-5-3-4-6(8)10-7(5)9;1-2/h2-4,11H,1H3;3-4H,2H2,1H3;2-4H,1H2;2H,1H3. The molecule has 3 rings (SSSR count). The maximum atomic E-state index is 9.13. The van der Waals surface area contributed by atoms with E-state index in [0.717, 1.165) is 24.7 Å². The van der Waals surface area contributed by atoms with Crippen LogP contribution in [0.5, 0.6) is 0 Å². The third-order valence-corrected chi connectivity index (χ3v) is 5.19. The van der Waals surface area contributed by atoms with E-state index in [0.29, 0.717) is 31.3 Å². The number of hydrogen-bond donors (Lipinski definition) is 2. The zero-order valence-electron chi connectivity index (χ0n) is 18.0. The largest absolute Gasteiger partial charge is 0.400 e. The molecule has 3 heterocycles. The fourth-order valence-electron chi connectivity index (χ4n) is 2.01. The Morgan fingerprint density at radius 1 is 0.788 bits per heavy atom. The number of aromatic nitrogens is 3. The van der Waals surface area contributed by atoms with Crippen LogP contribution in [0.2, 0.25) is 30.9 Å². The topological polar surface area (TPSA) is 79.1 Å². The van der Waals surface area contributed by atoms with Crippen molar-refractivity contribution >= 4 is 75.7 Å². The molecule has 0 saturated heterocycles. The van der Waals surface area contributed by atoms with Gasteiger partial charge in [-0.3, -0.25) is 0 Å². The third kappa shape index (κ3) is 12.2. The van der Waals surface area contributed by atoms with E-state index in [-0.39, 0.29) is 5.15 Å². The Kier molecular flexibility index (Phi) is 16.7. The summed E-state index contributed by atoms with van der Waals surface area (Å²) < 4.78 is 0. The maximum absolute atomic E-state index is 9.13. The number of pyridine rings is 3. The molecule has 0 amide bonds. The Bertz CT molecular complexity index is 1020. The maximum Gasteiger partial charge on any atom is 0.138 e. The lowest BCUT2D eigenvalue weighted by Gasteiger charge is -2.05. The second kappa shape index (κ2) is 17.3. The van der Waals surface area contributed by atoms with Crippen molar-refractivity contribution in [3.63, 3.8) is 0 Å². The fraction of sp³-hybridized carbons (Fsp3) is 0.227. The lowest BCUT2D eigenvalue weighted by Crippen LogP contribution is -1.93. The fourth-order valence-corrected chi connectivity index (χ4v) is 3.42. The molecule has 1 atom stereocenters. The Labute approximate surface area is 223 Å². The second-order valence-electron chi connectivity index (χ2n) is 5.85. The minimum Gasteiger partial charge on any atom is -0.400 e. The first-order valence-electron chi connectivity index (χ1n) is 9.29. The van der Waals surface area contributed by atoms with Crippen molar-refractivity contribution in [3.8, 4) is 0 Å². The second-order valence-corrected chi connectivity index (χ2v) is 8.08. The van der Waals surface area contributed by atoms with Crippen molar-refractivity contribution in [1.82, 2.24) is 15.0 Å². The van der Waals surface area contributed by atoms with E-state index < -0.39 is 6.10 Å². The van der Waals surface area contributed by atoms with Gasteiger partial charge in [0.25, 0.3) is 0 Å². The molecule has 0 radical (unpaired) electrons. The van der Waals surface area contributed by atoms with E-state index in [1.165, 1.54) is 0 Å². The highest BCUT2D eigenvalue weighted by Gasteiger charge is 2.07. The molecule has 0 aromatic carbocycles. The van der Waals surface area contributed by atoms with Gasteiger partial charge in [-0.15, -0.1) is 0 Å². The third-order valence-electron chi connectivity index (χ3n) is 3.63. The number of aliphatic hydroxyl groups excluding tert-OH is 2. The molecule has 0 bridgehead atoms. The predicted molar refractivity (Wildman–Crippen MR) is 141 cm³/mol. The summed E-state index contributed by atoms with van der Waals surface area (Å²) in [5, 5.41) is 18.5. The van der Waals surface area contributed by atoms with E-state index in [4.69, 9.17) is 79.8 Å². The van der Waals surface area contributed by atoms with Gasteiger partial charge in [-0.05, 0) is 43.2 Å². The summed E-state index contributed by atoms with van der Waals surface area (Å²) in [6, 6.07) is 10.3. The van der Waals surface area contributed by atoms with E-state index in [9.17, 15) is 0 Å². The Morgan fingerprint density at radius 2 is 1.24 bits per heavy atom. The molecule has 33 heavy (non-hydrogen) atoms. The number of hydrogen-bond acceptors (Lipinski definition) is 5. The normalized spacial score (nSPS) is 10.4. The summed E-state index contributed by atoms with van der Waals surface area (Å²) in [5.41, 5.74) is 2.42. The van der Waals surface area contributed by atoms with Crippen molar-refractivity contribution in [2.75, 3.05) is 7.11 Å². The molecule has 0 fully saturated rings. The molecule has 3 aromatic heterocycles. The van der Waals surface area contributed by atoms with Crippen LogP contribution in [-0.4, -0.2) is 32.3 Å². The number of rotatable bonds is 3. The average Bonchev–Trinajstić information content (AvgIpc) is 2.76. The molecule has 0 aliphatic heterocycles. The van der Waals surface area contributed by atoms with Crippen LogP contribution in [0.3, 0.4) is 0 Å². The van der Waals surface area contributed by atoms with Gasteiger partial charge in [-0.1, -0.05) is 101 Å². The molecule has 3 aromatic rings. The first kappa shape index (κ1) is 31.9. The van der Waals surface area contributed by atoms with Gasteiger partial charge in [0.1, 0.15) is 30.9 Å². The lowest BCUT2D eigenvalue weighted by atomic mass is 10.2. The Hall–Kier alpha value is -1.15. The van der Waals surface area contributed by atoms with Crippen LogP contribution >= 0.6 is 69.6 Å². The van der Waals surface area contributed by atoms with Gasteiger partial charge in [0.05, 0.1) is 6.10 Å². The number of aryl methyl sites for hydroxylation is 1. The molecular formula is C22H23Cl6N3O2. The van der Waals surface area contributed by atoms with E-state index in [1.54, 1.807) is 43.3 Å². The summed E-state index contributed by atoms with van der Waals surface area (Å²) in [7, 11) is 1.00. The van der Waals surface area contributed by atoms with Gasteiger partial charge in [-0.25, -0.2) is 15.0 Å². The molecule has 0 saturated carbocycles. The lowest BCUT2D eigenvalue weighted by molar-refractivity contribution is 0.199. The van der Waals surface area contributed by atoms with Gasteiger partial charge in [0.15, 0.2) is 0 Å². The highest BCUT2D eigenvalue weighted by molar-refractivity contribution is 6.34. The molecule has 0 spiro atoms. The molecule has 2 N–H and O–H groups in total. The predicted octanol–water partition coefficient (Wildman–Crippen LogP) is 8.03. The SMILES string of the molecule is C=Cc1ccc(Cl)nc1Cl.CC(O)c1ccc(Cl)nc1Cl.CCc1ccc(Cl)nc1Cl.CO. The van der Waals surface area contributed by atoms with Gasteiger partial charge in [0.2, 0.25) is 0 Å². The van der Waals surface area contributed by atoms with Crippen molar-refractivity contribution < 1.29 is 10.2 Å².